The average molecular weight is 344 g/mol. The van der Waals surface area contributed by atoms with E-state index in [1.807, 2.05) is 31.3 Å². The second-order valence-corrected chi connectivity index (χ2v) is 8.57. The SMILES string of the molecule is CN(N)Cc1ccc(-c2sc3c(c2C(=O)O)CC(C)(C)CC3)cc1. The fourth-order valence-corrected chi connectivity index (χ4v) is 4.71. The lowest BCUT2D eigenvalue weighted by molar-refractivity contribution is 0.0696. The van der Waals surface area contributed by atoms with E-state index in [-0.39, 0.29) is 5.41 Å². The number of carboxylic acid groups (broad SMARTS) is 1. The number of nitrogens with zero attached hydrogens (tertiary/aromatic N) is 1. The molecule has 0 bridgehead atoms. The van der Waals surface area contributed by atoms with Crippen LogP contribution >= 0.6 is 11.3 Å². The first-order valence-electron chi connectivity index (χ1n) is 8.20. The molecule has 1 aromatic heterocycles. The molecule has 1 aliphatic carbocycles. The molecular weight excluding hydrogens is 320 g/mol. The van der Waals surface area contributed by atoms with Crippen molar-refractivity contribution < 1.29 is 9.90 Å². The zero-order chi connectivity index (χ0) is 17.5. The monoisotopic (exact) mass is 344 g/mol. The molecule has 4 nitrogen and oxygen atoms in total. The van der Waals surface area contributed by atoms with Crippen LogP contribution in [0.1, 0.15) is 46.6 Å². The highest BCUT2D eigenvalue weighted by Crippen LogP contribution is 2.45. The summed E-state index contributed by atoms with van der Waals surface area (Å²) in [6.07, 6.45) is 2.93. The van der Waals surface area contributed by atoms with Crippen LogP contribution in [0.4, 0.5) is 0 Å². The zero-order valence-corrected chi connectivity index (χ0v) is 15.2. The van der Waals surface area contributed by atoms with Gasteiger partial charge in [0, 0.05) is 23.3 Å². The second-order valence-electron chi connectivity index (χ2n) is 7.47. The third-order valence-corrected chi connectivity index (χ3v) is 5.98. The van der Waals surface area contributed by atoms with Gasteiger partial charge < -0.3 is 5.11 Å². The minimum absolute atomic E-state index is 0.172. The lowest BCUT2D eigenvalue weighted by atomic mass is 9.76. The van der Waals surface area contributed by atoms with Gasteiger partial charge in [-0.2, -0.15) is 0 Å². The number of rotatable bonds is 4. The standard InChI is InChI=1S/C19H24N2O2S/c1-19(2)9-8-15-14(10-19)16(18(22)23)17(24-15)13-6-4-12(5-7-13)11-21(3)20/h4-7H,8-11,20H2,1-3H3,(H,22,23). The van der Waals surface area contributed by atoms with E-state index in [2.05, 4.69) is 13.8 Å². The lowest BCUT2D eigenvalue weighted by Crippen LogP contribution is -2.24. The fourth-order valence-electron chi connectivity index (χ4n) is 3.40. The van der Waals surface area contributed by atoms with Gasteiger partial charge >= 0.3 is 5.97 Å². The number of hydrazine groups is 1. The molecule has 0 saturated carbocycles. The van der Waals surface area contributed by atoms with Gasteiger partial charge in [0.25, 0.3) is 0 Å². The first kappa shape index (κ1) is 17.1. The van der Waals surface area contributed by atoms with Crippen LogP contribution in [-0.2, 0) is 19.4 Å². The minimum Gasteiger partial charge on any atom is -0.478 e. The lowest BCUT2D eigenvalue weighted by Gasteiger charge is -2.29. The van der Waals surface area contributed by atoms with Crippen molar-refractivity contribution in [3.05, 3.63) is 45.8 Å². The first-order chi connectivity index (χ1) is 11.3. The van der Waals surface area contributed by atoms with Crippen molar-refractivity contribution in [1.29, 1.82) is 0 Å². The summed E-state index contributed by atoms with van der Waals surface area (Å²) in [6, 6.07) is 8.06. The smallest absolute Gasteiger partial charge is 0.337 e. The Morgan fingerprint density at radius 3 is 2.58 bits per heavy atom. The number of nitrogens with two attached hydrogens (primary N) is 1. The van der Waals surface area contributed by atoms with Crippen LogP contribution < -0.4 is 5.84 Å². The highest BCUT2D eigenvalue weighted by Gasteiger charge is 2.32. The van der Waals surface area contributed by atoms with Gasteiger partial charge in [0.15, 0.2) is 0 Å². The molecule has 3 N–H and O–H groups in total. The van der Waals surface area contributed by atoms with Gasteiger partial charge in [0.2, 0.25) is 0 Å². The van der Waals surface area contributed by atoms with Gasteiger partial charge in [0.1, 0.15) is 0 Å². The van der Waals surface area contributed by atoms with E-state index >= 15 is 0 Å². The predicted octanol–water partition coefficient (Wildman–Crippen LogP) is 3.93. The van der Waals surface area contributed by atoms with E-state index in [0.717, 1.165) is 40.8 Å². The van der Waals surface area contributed by atoms with E-state index in [1.54, 1.807) is 16.3 Å². The highest BCUT2D eigenvalue weighted by atomic mass is 32.1. The number of aryl methyl sites for hydroxylation is 1. The molecule has 0 amide bonds. The molecule has 1 aliphatic rings. The van der Waals surface area contributed by atoms with Crippen LogP contribution in [0.15, 0.2) is 24.3 Å². The Morgan fingerprint density at radius 1 is 1.33 bits per heavy atom. The summed E-state index contributed by atoms with van der Waals surface area (Å²) < 4.78 is 0. The molecule has 24 heavy (non-hydrogen) atoms. The summed E-state index contributed by atoms with van der Waals surface area (Å²) in [5, 5.41) is 11.4. The highest BCUT2D eigenvalue weighted by molar-refractivity contribution is 7.16. The molecule has 0 radical (unpaired) electrons. The Morgan fingerprint density at radius 2 is 2.00 bits per heavy atom. The summed E-state index contributed by atoms with van der Waals surface area (Å²) in [7, 11) is 1.82. The Balaban J connectivity index is 2.02. The maximum atomic E-state index is 11.9. The zero-order valence-electron chi connectivity index (χ0n) is 14.4. The molecule has 0 atom stereocenters. The molecule has 0 saturated heterocycles. The van der Waals surface area contributed by atoms with Gasteiger partial charge in [-0.3, -0.25) is 5.84 Å². The van der Waals surface area contributed by atoms with E-state index < -0.39 is 5.97 Å². The molecule has 0 aliphatic heterocycles. The van der Waals surface area contributed by atoms with Gasteiger partial charge in [-0.25, -0.2) is 9.80 Å². The maximum Gasteiger partial charge on any atom is 0.337 e. The van der Waals surface area contributed by atoms with E-state index in [4.69, 9.17) is 5.84 Å². The van der Waals surface area contributed by atoms with E-state index in [0.29, 0.717) is 12.1 Å². The van der Waals surface area contributed by atoms with Gasteiger partial charge in [-0.15, -0.1) is 11.3 Å². The van der Waals surface area contributed by atoms with Crippen LogP contribution in [0.5, 0.6) is 0 Å². The number of thiophene rings is 1. The number of benzene rings is 1. The molecule has 1 heterocycles. The Kier molecular flexibility index (Phi) is 4.51. The van der Waals surface area contributed by atoms with E-state index in [1.165, 1.54) is 4.88 Å². The number of hydrogen-bond acceptors (Lipinski definition) is 4. The number of fused-ring (bicyclic) bond motifs is 1. The number of aromatic carboxylic acids is 1. The average Bonchev–Trinajstić information content (AvgIpc) is 2.84. The summed E-state index contributed by atoms with van der Waals surface area (Å²) in [4.78, 5) is 14.1. The Labute approximate surface area is 146 Å². The second kappa shape index (κ2) is 6.31. The Bertz CT molecular complexity index is 760. The third-order valence-electron chi connectivity index (χ3n) is 4.64. The summed E-state index contributed by atoms with van der Waals surface area (Å²) in [5.41, 5.74) is 3.82. The largest absolute Gasteiger partial charge is 0.478 e. The summed E-state index contributed by atoms with van der Waals surface area (Å²) in [5.74, 6) is 4.87. The molecule has 0 fully saturated rings. The fraction of sp³-hybridized carbons (Fsp3) is 0.421. The van der Waals surface area contributed by atoms with Crippen LogP contribution in [0, 0.1) is 5.41 Å². The predicted molar refractivity (Wildman–Crippen MR) is 98.2 cm³/mol. The molecule has 1 aromatic carbocycles. The Hall–Kier alpha value is -1.69. The topological polar surface area (TPSA) is 66.6 Å². The number of hydrogen-bond donors (Lipinski definition) is 2. The van der Waals surface area contributed by atoms with Gasteiger partial charge in [0.05, 0.1) is 5.56 Å². The first-order valence-corrected chi connectivity index (χ1v) is 9.01. The van der Waals surface area contributed by atoms with Gasteiger partial charge in [-0.1, -0.05) is 38.1 Å². The van der Waals surface area contributed by atoms with Crippen LogP contribution in [0.25, 0.3) is 10.4 Å². The van der Waals surface area contributed by atoms with E-state index in [9.17, 15) is 9.90 Å². The normalized spacial score (nSPS) is 16.2. The molecule has 0 spiro atoms. The number of carboxylic acids is 1. The van der Waals surface area contributed by atoms with Crippen LogP contribution in [0.3, 0.4) is 0 Å². The van der Waals surface area contributed by atoms with Gasteiger partial charge in [-0.05, 0) is 41.4 Å². The summed E-state index contributed by atoms with van der Waals surface area (Å²) >= 11 is 1.65. The quantitative estimate of drug-likeness (QED) is 0.651. The van der Waals surface area contributed by atoms with Crippen LogP contribution in [-0.4, -0.2) is 23.1 Å². The van der Waals surface area contributed by atoms with Crippen molar-refractivity contribution in [2.24, 2.45) is 11.3 Å². The van der Waals surface area contributed by atoms with Crippen molar-refractivity contribution >= 4 is 17.3 Å². The molecule has 128 valence electrons. The van der Waals surface area contributed by atoms with Crippen LogP contribution in [0.2, 0.25) is 0 Å². The third kappa shape index (κ3) is 3.38. The molecule has 3 rings (SSSR count). The van der Waals surface area contributed by atoms with Crippen molar-refractivity contribution in [2.45, 2.75) is 39.7 Å². The molecular formula is C19H24N2O2S. The summed E-state index contributed by atoms with van der Waals surface area (Å²) in [6.45, 7) is 5.11. The number of carbonyl (C=O) groups is 1. The van der Waals surface area contributed by atoms with Crippen molar-refractivity contribution in [1.82, 2.24) is 5.01 Å². The molecule has 2 aromatic rings. The van der Waals surface area contributed by atoms with Crippen molar-refractivity contribution in [3.8, 4) is 10.4 Å². The minimum atomic E-state index is -0.814. The van der Waals surface area contributed by atoms with Crippen molar-refractivity contribution in [3.63, 3.8) is 0 Å². The molecule has 0 unspecified atom stereocenters. The van der Waals surface area contributed by atoms with Crippen molar-refractivity contribution in [2.75, 3.05) is 7.05 Å². The maximum absolute atomic E-state index is 11.9. The molecule has 5 heteroatoms.